The van der Waals surface area contributed by atoms with Gasteiger partial charge in [0.15, 0.2) is 0 Å². The number of aromatic nitrogens is 3. The predicted octanol–water partition coefficient (Wildman–Crippen LogP) is 0.940. The van der Waals surface area contributed by atoms with Crippen molar-refractivity contribution in [3.63, 3.8) is 0 Å². The van der Waals surface area contributed by atoms with Gasteiger partial charge in [0.05, 0.1) is 19.6 Å². The van der Waals surface area contributed by atoms with Crippen LogP contribution in [0.15, 0.2) is 14.4 Å². The molecule has 0 atom stereocenters. The van der Waals surface area contributed by atoms with E-state index < -0.39 is 35.0 Å². The third-order valence-electron chi connectivity index (χ3n) is 4.84. The Hall–Kier alpha value is -3.18. The van der Waals surface area contributed by atoms with E-state index in [9.17, 15) is 28.8 Å². The summed E-state index contributed by atoms with van der Waals surface area (Å²) in [6.07, 6.45) is 0.548. The van der Waals surface area contributed by atoms with Gasteiger partial charge < -0.3 is 14.2 Å². The second-order valence-electron chi connectivity index (χ2n) is 9.76. The monoisotopic (exact) mass is 513 g/mol. The lowest BCUT2D eigenvalue weighted by Gasteiger charge is -2.15. The summed E-state index contributed by atoms with van der Waals surface area (Å²) < 4.78 is 17.6. The van der Waals surface area contributed by atoms with Gasteiger partial charge in [-0.05, 0) is 17.8 Å². The van der Waals surface area contributed by atoms with E-state index in [0.29, 0.717) is 0 Å². The topological polar surface area (TPSA) is 145 Å². The molecule has 0 amide bonds. The summed E-state index contributed by atoms with van der Waals surface area (Å²) in [5.74, 6) is -1.18. The van der Waals surface area contributed by atoms with Crippen LogP contribution in [0, 0.1) is 17.8 Å². The van der Waals surface area contributed by atoms with Crippen molar-refractivity contribution in [3.8, 4) is 0 Å². The summed E-state index contributed by atoms with van der Waals surface area (Å²) >= 11 is 0. The van der Waals surface area contributed by atoms with Crippen molar-refractivity contribution in [2.75, 3.05) is 19.8 Å². The van der Waals surface area contributed by atoms with Crippen LogP contribution in [0.1, 0.15) is 60.8 Å². The van der Waals surface area contributed by atoms with Gasteiger partial charge in [0.25, 0.3) is 0 Å². The summed E-state index contributed by atoms with van der Waals surface area (Å²) in [4.78, 5) is 74.2. The van der Waals surface area contributed by atoms with Crippen LogP contribution < -0.4 is 17.1 Å². The van der Waals surface area contributed by atoms with E-state index in [1.54, 1.807) is 0 Å². The molecular weight excluding hydrogens is 474 g/mol. The minimum atomic E-state index is -0.919. The van der Waals surface area contributed by atoms with E-state index in [4.69, 9.17) is 14.2 Å². The quantitative estimate of drug-likeness (QED) is 0.247. The van der Waals surface area contributed by atoms with Crippen LogP contribution in [0.25, 0.3) is 0 Å². The van der Waals surface area contributed by atoms with Gasteiger partial charge in [0, 0.05) is 19.3 Å². The molecule has 204 valence electrons. The first-order valence-corrected chi connectivity index (χ1v) is 12.2. The first kappa shape index (κ1) is 30.9. The lowest BCUT2D eigenvalue weighted by Crippen LogP contribution is -2.55. The maximum atomic E-state index is 12.9. The molecule has 0 aromatic carbocycles. The highest BCUT2D eigenvalue weighted by Gasteiger charge is 2.17. The Morgan fingerprint density at radius 1 is 0.528 bits per heavy atom. The van der Waals surface area contributed by atoms with Crippen LogP contribution >= 0.6 is 0 Å². The van der Waals surface area contributed by atoms with E-state index in [1.807, 2.05) is 41.5 Å². The predicted molar refractivity (Wildman–Crippen MR) is 130 cm³/mol. The third kappa shape index (κ3) is 10.6. The number of esters is 3. The van der Waals surface area contributed by atoms with Crippen molar-refractivity contribution in [2.45, 2.75) is 80.4 Å². The number of rotatable bonds is 15. The smallest absolute Gasteiger partial charge is 0.336 e. The number of hydrogen-bond acceptors (Lipinski definition) is 9. The molecular formula is C24H39N3O9. The zero-order valence-corrected chi connectivity index (χ0v) is 22.1. The second kappa shape index (κ2) is 15.0. The van der Waals surface area contributed by atoms with Gasteiger partial charge in [-0.25, -0.2) is 28.1 Å². The first-order chi connectivity index (χ1) is 16.8. The van der Waals surface area contributed by atoms with E-state index in [-0.39, 0.29) is 76.5 Å². The molecule has 0 N–H and O–H groups in total. The van der Waals surface area contributed by atoms with Crippen molar-refractivity contribution >= 4 is 17.9 Å². The lowest BCUT2D eigenvalue weighted by molar-refractivity contribution is -0.145. The standard InChI is InChI=1S/C24H39N3O9/c1-16(2)13-19(28)34-10-7-25-22(31)26(8-11-35-20(29)14-17(3)4)24(33)27(23(25)32)9-12-36-21(30)15-18(5)6/h16-18H,7-15H2,1-6H3. The molecule has 0 unspecified atom stereocenters. The average Bonchev–Trinajstić information content (AvgIpc) is 2.73. The van der Waals surface area contributed by atoms with Crippen LogP contribution in [0.2, 0.25) is 0 Å². The van der Waals surface area contributed by atoms with Gasteiger partial charge in [0.2, 0.25) is 0 Å². The normalized spacial score (nSPS) is 11.2. The zero-order valence-electron chi connectivity index (χ0n) is 22.1. The fourth-order valence-corrected chi connectivity index (χ4v) is 3.19. The molecule has 0 aliphatic heterocycles. The number of ether oxygens (including phenoxy) is 3. The highest BCUT2D eigenvalue weighted by atomic mass is 16.5. The first-order valence-electron chi connectivity index (χ1n) is 12.2. The van der Waals surface area contributed by atoms with E-state index in [2.05, 4.69) is 0 Å². The van der Waals surface area contributed by atoms with Gasteiger partial charge in [0.1, 0.15) is 19.8 Å². The number of carbonyl (C=O) groups excluding carboxylic acids is 3. The Kier molecular flexibility index (Phi) is 12.9. The molecule has 1 aromatic heterocycles. The molecule has 12 nitrogen and oxygen atoms in total. The zero-order chi connectivity index (χ0) is 27.4. The largest absolute Gasteiger partial charge is 0.464 e. The van der Waals surface area contributed by atoms with Crippen LogP contribution in [0.5, 0.6) is 0 Å². The molecule has 0 saturated carbocycles. The van der Waals surface area contributed by atoms with Crippen LogP contribution in [0.3, 0.4) is 0 Å². The van der Waals surface area contributed by atoms with Gasteiger partial charge in [-0.3, -0.25) is 14.4 Å². The van der Waals surface area contributed by atoms with Gasteiger partial charge in [-0.15, -0.1) is 0 Å². The highest BCUT2D eigenvalue weighted by Crippen LogP contribution is 2.02. The fourth-order valence-electron chi connectivity index (χ4n) is 3.19. The molecule has 1 heterocycles. The molecule has 0 fully saturated rings. The second-order valence-corrected chi connectivity index (χ2v) is 9.76. The summed E-state index contributed by atoms with van der Waals surface area (Å²) in [6, 6.07) is 0. The fraction of sp³-hybridized carbons (Fsp3) is 0.750. The molecule has 12 heteroatoms. The SMILES string of the molecule is CC(C)CC(=O)OCCn1c(=O)n(CCOC(=O)CC(C)C)c(=O)n(CCOC(=O)CC(C)C)c1=O. The highest BCUT2D eigenvalue weighted by molar-refractivity contribution is 5.70. The minimum Gasteiger partial charge on any atom is -0.464 e. The number of carbonyl (C=O) groups is 3. The summed E-state index contributed by atoms with van der Waals surface area (Å²) in [5, 5.41) is 0. The van der Waals surface area contributed by atoms with E-state index in [1.165, 1.54) is 0 Å². The summed E-state index contributed by atoms with van der Waals surface area (Å²) in [5.41, 5.74) is -2.76. The Labute approximate surface area is 210 Å². The number of hydrogen-bond donors (Lipinski definition) is 0. The molecule has 0 bridgehead atoms. The molecule has 36 heavy (non-hydrogen) atoms. The molecule has 0 saturated heterocycles. The molecule has 1 rings (SSSR count). The molecule has 1 aromatic rings. The van der Waals surface area contributed by atoms with Crippen LogP contribution in [-0.4, -0.2) is 51.4 Å². The summed E-state index contributed by atoms with van der Waals surface area (Å²) in [7, 11) is 0. The van der Waals surface area contributed by atoms with E-state index in [0.717, 1.165) is 13.7 Å². The Morgan fingerprint density at radius 3 is 0.944 bits per heavy atom. The van der Waals surface area contributed by atoms with Crippen LogP contribution in [0.4, 0.5) is 0 Å². The Morgan fingerprint density at radius 2 is 0.750 bits per heavy atom. The number of nitrogens with zero attached hydrogens (tertiary/aromatic N) is 3. The summed E-state index contributed by atoms with van der Waals surface area (Å²) in [6.45, 7) is 9.54. The molecule has 0 aliphatic carbocycles. The molecule has 0 radical (unpaired) electrons. The third-order valence-corrected chi connectivity index (χ3v) is 4.84. The van der Waals surface area contributed by atoms with Crippen molar-refractivity contribution < 1.29 is 28.6 Å². The minimum absolute atomic E-state index is 0.0798. The van der Waals surface area contributed by atoms with Gasteiger partial charge in [-0.1, -0.05) is 41.5 Å². The maximum Gasteiger partial charge on any atom is 0.336 e. The van der Waals surface area contributed by atoms with E-state index >= 15 is 0 Å². The molecule has 0 aliphatic rings. The average molecular weight is 514 g/mol. The Bertz CT molecular complexity index is 900. The van der Waals surface area contributed by atoms with Crippen molar-refractivity contribution in [1.82, 2.24) is 13.7 Å². The Balaban J connectivity index is 3.13. The van der Waals surface area contributed by atoms with Crippen molar-refractivity contribution in [3.05, 3.63) is 31.5 Å². The van der Waals surface area contributed by atoms with Crippen LogP contribution in [-0.2, 0) is 48.2 Å². The van der Waals surface area contributed by atoms with Crippen molar-refractivity contribution in [2.24, 2.45) is 17.8 Å². The maximum absolute atomic E-state index is 12.9. The van der Waals surface area contributed by atoms with Gasteiger partial charge >= 0.3 is 35.0 Å². The van der Waals surface area contributed by atoms with Crippen molar-refractivity contribution in [1.29, 1.82) is 0 Å². The van der Waals surface area contributed by atoms with Gasteiger partial charge in [-0.2, -0.15) is 0 Å². The lowest BCUT2D eigenvalue weighted by atomic mass is 10.1. The molecule has 0 spiro atoms.